The van der Waals surface area contributed by atoms with Crippen molar-refractivity contribution in [2.75, 3.05) is 32.7 Å². The molecule has 0 aliphatic carbocycles. The van der Waals surface area contributed by atoms with E-state index in [4.69, 9.17) is 9.26 Å². The van der Waals surface area contributed by atoms with Gasteiger partial charge in [0.1, 0.15) is 0 Å². The topological polar surface area (TPSA) is 71.7 Å². The summed E-state index contributed by atoms with van der Waals surface area (Å²) in [6, 6.07) is 0. The highest BCUT2D eigenvalue weighted by molar-refractivity contribution is 5.78. The van der Waals surface area contributed by atoms with Crippen LogP contribution in [0.3, 0.4) is 0 Å². The number of amides is 1. The Balaban J connectivity index is 1.56. The molecule has 0 N–H and O–H groups in total. The van der Waals surface area contributed by atoms with Gasteiger partial charge in [-0.05, 0) is 40.2 Å². The van der Waals surface area contributed by atoms with Gasteiger partial charge in [0.2, 0.25) is 11.8 Å². The first-order valence-electron chi connectivity index (χ1n) is 8.47. The highest BCUT2D eigenvalue weighted by Gasteiger charge is 2.30. The van der Waals surface area contributed by atoms with E-state index in [2.05, 4.69) is 15.0 Å². The third-order valence-corrected chi connectivity index (χ3v) is 4.53. The van der Waals surface area contributed by atoms with Crippen molar-refractivity contribution in [1.82, 2.24) is 19.9 Å². The van der Waals surface area contributed by atoms with Crippen molar-refractivity contribution in [2.45, 2.75) is 51.7 Å². The molecule has 3 rings (SSSR count). The van der Waals surface area contributed by atoms with Crippen LogP contribution < -0.4 is 0 Å². The zero-order chi connectivity index (χ0) is 16.4. The molecule has 0 saturated carbocycles. The number of morpholine rings is 1. The van der Waals surface area contributed by atoms with E-state index in [1.54, 1.807) is 0 Å². The summed E-state index contributed by atoms with van der Waals surface area (Å²) in [5.74, 6) is 1.80. The Morgan fingerprint density at radius 3 is 2.65 bits per heavy atom. The molecule has 1 aromatic rings. The predicted molar refractivity (Wildman–Crippen MR) is 84.0 cm³/mol. The lowest BCUT2D eigenvalue weighted by atomic mass is 9.98. The smallest absolute Gasteiger partial charge is 0.236 e. The van der Waals surface area contributed by atoms with Crippen LogP contribution in [0, 0.1) is 6.92 Å². The predicted octanol–water partition coefficient (Wildman–Crippen LogP) is 1.19. The van der Waals surface area contributed by atoms with Crippen LogP contribution in [0.15, 0.2) is 4.52 Å². The number of ether oxygens (including phenoxy) is 1. The third kappa shape index (κ3) is 4.09. The Morgan fingerprint density at radius 2 is 2.00 bits per heavy atom. The quantitative estimate of drug-likeness (QED) is 0.832. The van der Waals surface area contributed by atoms with Crippen LogP contribution in [0.4, 0.5) is 0 Å². The van der Waals surface area contributed by atoms with Crippen molar-refractivity contribution >= 4 is 5.91 Å². The molecule has 23 heavy (non-hydrogen) atoms. The van der Waals surface area contributed by atoms with Crippen molar-refractivity contribution in [1.29, 1.82) is 0 Å². The molecular formula is C16H26N4O3. The van der Waals surface area contributed by atoms with E-state index in [-0.39, 0.29) is 24.0 Å². The molecule has 1 amide bonds. The second-order valence-electron chi connectivity index (χ2n) is 6.81. The fourth-order valence-electron chi connectivity index (χ4n) is 3.55. The van der Waals surface area contributed by atoms with Crippen LogP contribution in [0.25, 0.3) is 0 Å². The fourth-order valence-corrected chi connectivity index (χ4v) is 3.55. The summed E-state index contributed by atoms with van der Waals surface area (Å²) in [5, 5.41) is 3.87. The highest BCUT2D eigenvalue weighted by Crippen LogP contribution is 2.25. The molecule has 128 valence electrons. The highest BCUT2D eigenvalue weighted by atomic mass is 16.5. The summed E-state index contributed by atoms with van der Waals surface area (Å²) in [6.45, 7) is 9.46. The van der Waals surface area contributed by atoms with Gasteiger partial charge in [0.25, 0.3) is 0 Å². The van der Waals surface area contributed by atoms with Gasteiger partial charge in [-0.3, -0.25) is 9.69 Å². The Hall–Kier alpha value is -1.47. The number of likely N-dealkylation sites (tertiary alicyclic amines) is 1. The van der Waals surface area contributed by atoms with Crippen LogP contribution >= 0.6 is 0 Å². The minimum atomic E-state index is 0.109. The van der Waals surface area contributed by atoms with Gasteiger partial charge in [0.05, 0.1) is 24.7 Å². The molecule has 0 spiro atoms. The lowest BCUT2D eigenvalue weighted by molar-refractivity contribution is -0.144. The van der Waals surface area contributed by atoms with Crippen molar-refractivity contribution in [3.05, 3.63) is 11.7 Å². The fraction of sp³-hybridized carbons (Fsp3) is 0.812. The summed E-state index contributed by atoms with van der Waals surface area (Å²) >= 11 is 0. The molecule has 7 heteroatoms. The second kappa shape index (κ2) is 6.97. The average molecular weight is 322 g/mol. The number of aromatic nitrogens is 2. The monoisotopic (exact) mass is 322 g/mol. The first kappa shape index (κ1) is 16.4. The van der Waals surface area contributed by atoms with Crippen molar-refractivity contribution < 1.29 is 14.1 Å². The summed E-state index contributed by atoms with van der Waals surface area (Å²) in [4.78, 5) is 21.1. The molecule has 0 bridgehead atoms. The van der Waals surface area contributed by atoms with E-state index < -0.39 is 0 Å². The Morgan fingerprint density at radius 1 is 1.26 bits per heavy atom. The number of carbonyl (C=O) groups excluding carboxylic acids is 1. The van der Waals surface area contributed by atoms with Crippen LogP contribution in [-0.2, 0) is 9.53 Å². The molecule has 2 aliphatic rings. The number of hydrogen-bond acceptors (Lipinski definition) is 6. The average Bonchev–Trinajstić information content (AvgIpc) is 2.93. The first-order valence-corrected chi connectivity index (χ1v) is 8.47. The number of hydrogen-bond donors (Lipinski definition) is 0. The lowest BCUT2D eigenvalue weighted by Crippen LogP contribution is -2.51. The van der Waals surface area contributed by atoms with Crippen molar-refractivity contribution in [2.24, 2.45) is 0 Å². The summed E-state index contributed by atoms with van der Waals surface area (Å²) in [6.07, 6.45) is 2.31. The standard InChI is InChI=1S/C16H26N4O3/c1-11-7-20(8-12(2)22-11)15(21)10-19-6-4-5-14(9-19)16-17-13(3)18-23-16/h11-12,14H,4-10H2,1-3H3. The molecule has 7 nitrogen and oxygen atoms in total. The van der Waals surface area contributed by atoms with Crippen LogP contribution in [0.5, 0.6) is 0 Å². The van der Waals surface area contributed by atoms with Gasteiger partial charge in [-0.2, -0.15) is 4.98 Å². The third-order valence-electron chi connectivity index (χ3n) is 4.53. The van der Waals surface area contributed by atoms with E-state index in [0.717, 1.165) is 25.9 Å². The van der Waals surface area contributed by atoms with Gasteiger partial charge >= 0.3 is 0 Å². The molecular weight excluding hydrogens is 296 g/mol. The van der Waals surface area contributed by atoms with Crippen molar-refractivity contribution in [3.63, 3.8) is 0 Å². The first-order chi connectivity index (χ1) is 11.0. The van der Waals surface area contributed by atoms with Crippen molar-refractivity contribution in [3.8, 4) is 0 Å². The van der Waals surface area contributed by atoms with E-state index in [9.17, 15) is 4.79 Å². The SMILES string of the molecule is Cc1noc(C2CCCN(CC(=O)N3CC(C)OC(C)C3)C2)n1. The summed E-state index contributed by atoms with van der Waals surface area (Å²) < 4.78 is 11.0. The zero-order valence-electron chi connectivity index (χ0n) is 14.2. The zero-order valence-corrected chi connectivity index (χ0v) is 14.2. The number of rotatable bonds is 3. The maximum Gasteiger partial charge on any atom is 0.236 e. The van der Waals surface area contributed by atoms with E-state index >= 15 is 0 Å². The van der Waals surface area contributed by atoms with Gasteiger partial charge in [0, 0.05) is 19.6 Å². The summed E-state index contributed by atoms with van der Waals surface area (Å²) in [5.41, 5.74) is 0. The lowest BCUT2D eigenvalue weighted by Gasteiger charge is -2.37. The second-order valence-corrected chi connectivity index (χ2v) is 6.81. The number of carbonyl (C=O) groups is 1. The molecule has 2 fully saturated rings. The Labute approximate surface area is 137 Å². The van der Waals surface area contributed by atoms with Gasteiger partial charge in [-0.25, -0.2) is 0 Å². The van der Waals surface area contributed by atoms with Crippen LogP contribution in [0.2, 0.25) is 0 Å². The molecule has 0 aromatic carbocycles. The molecule has 1 aromatic heterocycles. The van der Waals surface area contributed by atoms with Gasteiger partial charge in [-0.1, -0.05) is 5.16 Å². The van der Waals surface area contributed by atoms with Gasteiger partial charge < -0.3 is 14.2 Å². The number of aryl methyl sites for hydroxylation is 1. The molecule has 3 unspecified atom stereocenters. The number of piperidine rings is 1. The molecule has 0 radical (unpaired) electrons. The van der Waals surface area contributed by atoms with Crippen LogP contribution in [-0.4, -0.2) is 70.8 Å². The number of nitrogens with zero attached hydrogens (tertiary/aromatic N) is 4. The van der Waals surface area contributed by atoms with Gasteiger partial charge in [-0.15, -0.1) is 0 Å². The normalized spacial score (nSPS) is 29.7. The maximum absolute atomic E-state index is 12.6. The van der Waals surface area contributed by atoms with Crippen LogP contribution in [0.1, 0.15) is 44.3 Å². The van der Waals surface area contributed by atoms with E-state index in [1.807, 2.05) is 25.7 Å². The van der Waals surface area contributed by atoms with E-state index in [0.29, 0.717) is 31.3 Å². The minimum absolute atomic E-state index is 0.109. The Kier molecular flexibility index (Phi) is 4.96. The van der Waals surface area contributed by atoms with E-state index in [1.165, 1.54) is 0 Å². The molecule has 3 atom stereocenters. The molecule has 2 saturated heterocycles. The van der Waals surface area contributed by atoms with Gasteiger partial charge in [0.15, 0.2) is 5.82 Å². The maximum atomic E-state index is 12.6. The Bertz CT molecular complexity index is 537. The molecule has 3 heterocycles. The largest absolute Gasteiger partial charge is 0.372 e. The summed E-state index contributed by atoms with van der Waals surface area (Å²) in [7, 11) is 0. The minimum Gasteiger partial charge on any atom is -0.372 e. The molecule has 2 aliphatic heterocycles.